The highest BCUT2D eigenvalue weighted by molar-refractivity contribution is 5.39. The Balaban J connectivity index is 2.44. The van der Waals surface area contributed by atoms with Crippen LogP contribution in [0.5, 0.6) is 0 Å². The van der Waals surface area contributed by atoms with E-state index in [1.807, 2.05) is 19.2 Å². The number of pyridine rings is 1. The van der Waals surface area contributed by atoms with E-state index in [4.69, 9.17) is 5.73 Å². The lowest BCUT2D eigenvalue weighted by atomic mass is 9.93. The summed E-state index contributed by atoms with van der Waals surface area (Å²) in [4.78, 5) is 4.11. The number of aryl methyl sites for hydroxylation is 2. The van der Waals surface area contributed by atoms with Crippen LogP contribution in [0, 0.1) is 12.7 Å². The van der Waals surface area contributed by atoms with E-state index < -0.39 is 0 Å². The molecule has 0 radical (unpaired) electrons. The van der Waals surface area contributed by atoms with Gasteiger partial charge in [0.25, 0.3) is 0 Å². The molecule has 0 bridgehead atoms. The van der Waals surface area contributed by atoms with E-state index in [0.717, 1.165) is 28.7 Å². The van der Waals surface area contributed by atoms with Crippen LogP contribution in [0.25, 0.3) is 0 Å². The van der Waals surface area contributed by atoms with E-state index in [0.29, 0.717) is 0 Å². The van der Waals surface area contributed by atoms with Crippen molar-refractivity contribution in [2.75, 3.05) is 0 Å². The van der Waals surface area contributed by atoms with Crippen molar-refractivity contribution in [2.24, 2.45) is 5.73 Å². The topological polar surface area (TPSA) is 38.9 Å². The third-order valence-corrected chi connectivity index (χ3v) is 3.22. The number of halogens is 1. The fourth-order valence-electron chi connectivity index (χ4n) is 2.19. The molecule has 18 heavy (non-hydrogen) atoms. The smallest absolute Gasteiger partial charge is 0.123 e. The Kier molecular flexibility index (Phi) is 3.72. The van der Waals surface area contributed by atoms with Crippen LogP contribution >= 0.6 is 0 Å². The minimum atomic E-state index is -0.233. The minimum absolute atomic E-state index is 0.228. The summed E-state index contributed by atoms with van der Waals surface area (Å²) in [6, 6.07) is 6.43. The van der Waals surface area contributed by atoms with E-state index in [1.165, 1.54) is 12.1 Å². The molecule has 2 aromatic rings. The van der Waals surface area contributed by atoms with E-state index in [2.05, 4.69) is 11.9 Å². The molecule has 1 heterocycles. The lowest BCUT2D eigenvalue weighted by molar-refractivity contribution is 0.624. The number of rotatable bonds is 3. The summed E-state index contributed by atoms with van der Waals surface area (Å²) in [6.07, 6.45) is 4.47. The number of hydrogen-bond acceptors (Lipinski definition) is 2. The van der Waals surface area contributed by atoms with Crippen molar-refractivity contribution in [2.45, 2.75) is 26.3 Å². The van der Waals surface area contributed by atoms with Crippen molar-refractivity contribution in [3.63, 3.8) is 0 Å². The normalized spacial score (nSPS) is 12.4. The molecule has 1 unspecified atom stereocenters. The molecular weight excluding hydrogens is 227 g/mol. The molecule has 2 nitrogen and oxygen atoms in total. The second kappa shape index (κ2) is 5.27. The molecule has 2 N–H and O–H groups in total. The Labute approximate surface area is 107 Å². The molecule has 94 valence electrons. The molecule has 2 rings (SSSR count). The summed E-state index contributed by atoms with van der Waals surface area (Å²) in [6.45, 7) is 3.95. The zero-order chi connectivity index (χ0) is 13.1. The van der Waals surface area contributed by atoms with Crippen LogP contribution in [0.2, 0.25) is 0 Å². The number of nitrogens with zero attached hydrogens (tertiary/aromatic N) is 1. The average Bonchev–Trinajstić information content (AvgIpc) is 2.38. The van der Waals surface area contributed by atoms with Crippen molar-refractivity contribution < 1.29 is 4.39 Å². The Bertz CT molecular complexity index is 552. The first-order valence-corrected chi connectivity index (χ1v) is 6.08. The molecule has 0 aliphatic heterocycles. The van der Waals surface area contributed by atoms with Crippen LogP contribution in [-0.4, -0.2) is 4.98 Å². The van der Waals surface area contributed by atoms with Gasteiger partial charge in [0.1, 0.15) is 5.82 Å². The summed E-state index contributed by atoms with van der Waals surface area (Å²) in [7, 11) is 0. The predicted molar refractivity (Wildman–Crippen MR) is 70.8 cm³/mol. The largest absolute Gasteiger partial charge is 0.320 e. The number of aromatic nitrogens is 1. The van der Waals surface area contributed by atoms with Gasteiger partial charge in [-0.25, -0.2) is 4.39 Å². The fourth-order valence-corrected chi connectivity index (χ4v) is 2.19. The number of benzene rings is 1. The number of nitrogens with two attached hydrogens (primary N) is 1. The highest BCUT2D eigenvalue weighted by atomic mass is 19.1. The summed E-state index contributed by atoms with van der Waals surface area (Å²) < 4.78 is 13.1. The standard InChI is InChI=1S/C15H17FN2/c1-3-11-9-18-7-6-14(11)15(17)13-5-4-12(16)8-10(13)2/h4-9,15H,3,17H2,1-2H3. The predicted octanol–water partition coefficient (Wildman–Crippen LogP) is 3.14. The Morgan fingerprint density at radius 3 is 2.72 bits per heavy atom. The second-order valence-corrected chi connectivity index (χ2v) is 4.41. The third-order valence-electron chi connectivity index (χ3n) is 3.22. The summed E-state index contributed by atoms with van der Waals surface area (Å²) in [5.74, 6) is -0.228. The molecule has 0 aliphatic carbocycles. The van der Waals surface area contributed by atoms with Gasteiger partial charge in [0.05, 0.1) is 6.04 Å². The number of hydrogen-bond donors (Lipinski definition) is 1. The zero-order valence-electron chi connectivity index (χ0n) is 10.7. The molecule has 0 aliphatic rings. The van der Waals surface area contributed by atoms with Crippen LogP contribution in [0.15, 0.2) is 36.7 Å². The lowest BCUT2D eigenvalue weighted by Gasteiger charge is -2.18. The summed E-state index contributed by atoms with van der Waals surface area (Å²) in [5, 5.41) is 0. The Hall–Kier alpha value is -1.74. The van der Waals surface area contributed by atoms with Crippen molar-refractivity contribution in [3.8, 4) is 0 Å². The molecule has 0 fully saturated rings. The van der Waals surface area contributed by atoms with E-state index >= 15 is 0 Å². The molecule has 0 spiro atoms. The maximum Gasteiger partial charge on any atom is 0.123 e. The van der Waals surface area contributed by atoms with Crippen molar-refractivity contribution >= 4 is 0 Å². The first kappa shape index (κ1) is 12.7. The van der Waals surface area contributed by atoms with Crippen molar-refractivity contribution in [1.82, 2.24) is 4.98 Å². The van der Waals surface area contributed by atoms with Crippen LogP contribution in [0.4, 0.5) is 4.39 Å². The lowest BCUT2D eigenvalue weighted by Crippen LogP contribution is -2.15. The highest BCUT2D eigenvalue weighted by Gasteiger charge is 2.14. The van der Waals surface area contributed by atoms with Gasteiger partial charge in [-0.3, -0.25) is 4.98 Å². The summed E-state index contributed by atoms with van der Waals surface area (Å²) >= 11 is 0. The monoisotopic (exact) mass is 244 g/mol. The van der Waals surface area contributed by atoms with Crippen molar-refractivity contribution in [1.29, 1.82) is 0 Å². The van der Waals surface area contributed by atoms with Gasteiger partial charge in [-0.1, -0.05) is 13.0 Å². The van der Waals surface area contributed by atoms with E-state index in [-0.39, 0.29) is 11.9 Å². The zero-order valence-corrected chi connectivity index (χ0v) is 10.7. The molecule has 1 atom stereocenters. The third kappa shape index (κ3) is 2.41. The molecule has 3 heteroatoms. The molecule has 0 saturated heterocycles. The Morgan fingerprint density at radius 1 is 1.28 bits per heavy atom. The molecule has 0 saturated carbocycles. The minimum Gasteiger partial charge on any atom is -0.320 e. The van der Waals surface area contributed by atoms with Gasteiger partial charge in [0.2, 0.25) is 0 Å². The van der Waals surface area contributed by atoms with Gasteiger partial charge in [0.15, 0.2) is 0 Å². The van der Waals surface area contributed by atoms with Crippen LogP contribution in [-0.2, 0) is 6.42 Å². The van der Waals surface area contributed by atoms with Crippen LogP contribution in [0.1, 0.15) is 35.2 Å². The van der Waals surface area contributed by atoms with E-state index in [1.54, 1.807) is 12.3 Å². The molecule has 0 amide bonds. The first-order valence-electron chi connectivity index (χ1n) is 6.08. The van der Waals surface area contributed by atoms with Crippen molar-refractivity contribution in [3.05, 3.63) is 64.7 Å². The van der Waals surface area contributed by atoms with Gasteiger partial charge >= 0.3 is 0 Å². The van der Waals surface area contributed by atoms with Crippen LogP contribution < -0.4 is 5.73 Å². The van der Waals surface area contributed by atoms with Gasteiger partial charge in [-0.15, -0.1) is 0 Å². The SMILES string of the molecule is CCc1cnccc1C(N)c1ccc(F)cc1C. The molecule has 1 aromatic carbocycles. The molecule has 1 aromatic heterocycles. The summed E-state index contributed by atoms with van der Waals surface area (Å²) in [5.41, 5.74) is 10.3. The first-order chi connectivity index (χ1) is 8.63. The quantitative estimate of drug-likeness (QED) is 0.900. The fraction of sp³-hybridized carbons (Fsp3) is 0.267. The molecular formula is C15H17FN2. The maximum atomic E-state index is 13.1. The Morgan fingerprint density at radius 2 is 2.06 bits per heavy atom. The highest BCUT2D eigenvalue weighted by Crippen LogP contribution is 2.25. The second-order valence-electron chi connectivity index (χ2n) is 4.41. The van der Waals surface area contributed by atoms with Gasteiger partial charge in [-0.2, -0.15) is 0 Å². The maximum absolute atomic E-state index is 13.1. The van der Waals surface area contributed by atoms with Crippen LogP contribution in [0.3, 0.4) is 0 Å². The van der Waals surface area contributed by atoms with E-state index in [9.17, 15) is 4.39 Å². The van der Waals surface area contributed by atoms with Gasteiger partial charge < -0.3 is 5.73 Å². The average molecular weight is 244 g/mol. The van der Waals surface area contributed by atoms with Gasteiger partial charge in [0, 0.05) is 12.4 Å². The van der Waals surface area contributed by atoms with Gasteiger partial charge in [-0.05, 0) is 53.8 Å².